The van der Waals surface area contributed by atoms with Gasteiger partial charge in [-0.2, -0.15) is 0 Å². The summed E-state index contributed by atoms with van der Waals surface area (Å²) in [7, 11) is 0. The number of hydrogen-bond donors (Lipinski definition) is 2. The van der Waals surface area contributed by atoms with Gasteiger partial charge in [-0.3, -0.25) is 4.79 Å². The first-order chi connectivity index (χ1) is 24.5. The number of carboxylic acid groups (broad SMARTS) is 2. The smallest absolute Gasteiger partial charge is 0.331 e. The van der Waals surface area contributed by atoms with E-state index in [-0.39, 0.29) is 0 Å². The molecule has 0 aliphatic heterocycles. The van der Waals surface area contributed by atoms with Crippen LogP contribution < -0.4 is 0 Å². The van der Waals surface area contributed by atoms with Gasteiger partial charge >= 0.3 is 11.9 Å². The molecule has 0 aliphatic rings. The molecule has 0 unspecified atom stereocenters. The predicted molar refractivity (Wildman–Crippen MR) is 218 cm³/mol. The lowest BCUT2D eigenvalue weighted by Gasteiger charge is -2.14. The zero-order chi connectivity index (χ0) is 36.6. The number of aliphatic carboxylic acids is 2. The number of rotatable bonds is 42. The number of carbonyl (C=O) groups is 2. The van der Waals surface area contributed by atoms with Crippen LogP contribution >= 0.6 is 0 Å². The maximum Gasteiger partial charge on any atom is 0.331 e. The molecular weight excluding hydrogens is 617 g/mol. The summed E-state index contributed by atoms with van der Waals surface area (Å²) in [6.45, 7) is 4.55. The highest BCUT2D eigenvalue weighted by molar-refractivity contribution is 5.87. The number of unbranched alkanes of at least 4 members (excludes halogenated alkanes) is 33. The van der Waals surface area contributed by atoms with Gasteiger partial charge in [0, 0.05) is 12.0 Å². The van der Waals surface area contributed by atoms with Crippen molar-refractivity contribution in [3.8, 4) is 0 Å². The van der Waals surface area contributed by atoms with Gasteiger partial charge in [0.2, 0.25) is 0 Å². The molecular formula is C46H88O4. The van der Waals surface area contributed by atoms with Crippen LogP contribution in [0.1, 0.15) is 271 Å². The van der Waals surface area contributed by atoms with Crippen LogP contribution in [0.3, 0.4) is 0 Å². The fourth-order valence-electron chi connectivity index (χ4n) is 7.57. The summed E-state index contributed by atoms with van der Waals surface area (Å²) in [6.07, 6.45) is 49.4. The van der Waals surface area contributed by atoms with Gasteiger partial charge < -0.3 is 10.2 Å². The minimum atomic E-state index is -0.665. The molecule has 0 saturated heterocycles. The van der Waals surface area contributed by atoms with Crippen LogP contribution in [-0.2, 0) is 9.59 Å². The van der Waals surface area contributed by atoms with Crippen molar-refractivity contribution in [1.82, 2.24) is 0 Å². The van der Waals surface area contributed by atoms with Crippen LogP contribution in [0.5, 0.6) is 0 Å². The molecule has 0 heterocycles. The molecule has 0 rings (SSSR count). The average Bonchev–Trinajstić information content (AvgIpc) is 3.10. The fraction of sp³-hybridized carbons (Fsp3) is 0.913. The summed E-state index contributed by atoms with van der Waals surface area (Å²) in [5.41, 5.74) is 2.06. The second kappa shape index (κ2) is 40.5. The maximum absolute atomic E-state index is 12.4. The molecule has 0 aromatic heterocycles. The van der Waals surface area contributed by atoms with Crippen LogP contribution in [0.25, 0.3) is 0 Å². The van der Waals surface area contributed by atoms with Crippen molar-refractivity contribution >= 4 is 11.9 Å². The second-order valence-electron chi connectivity index (χ2n) is 15.8. The molecule has 0 aromatic rings. The lowest BCUT2D eigenvalue weighted by atomic mass is 9.92. The Morgan fingerprint density at radius 1 is 0.300 bits per heavy atom. The highest BCUT2D eigenvalue weighted by Gasteiger charge is 2.14. The Morgan fingerprint density at radius 3 is 0.760 bits per heavy atom. The standard InChI is InChI=1S/C46H88O4/c1-3-5-7-9-11-13-23-27-31-35-39-43(44(46(49)50)41-37-33-29-25-14-12-10-8-6-4-2)40-36-32-28-24-21-19-17-15-16-18-20-22-26-30-34-38-42-45(47)48/h3-42H2,1-2H3,(H,47,48)(H,49,50). The minimum absolute atomic E-state index is 0.324. The van der Waals surface area contributed by atoms with Gasteiger partial charge in [-0.05, 0) is 44.9 Å². The van der Waals surface area contributed by atoms with E-state index in [1.54, 1.807) is 0 Å². The van der Waals surface area contributed by atoms with Crippen LogP contribution in [0.2, 0.25) is 0 Å². The number of hydrogen-bond acceptors (Lipinski definition) is 2. The van der Waals surface area contributed by atoms with E-state index in [2.05, 4.69) is 13.8 Å². The highest BCUT2D eigenvalue weighted by atomic mass is 16.4. The molecule has 296 valence electrons. The second-order valence-corrected chi connectivity index (χ2v) is 15.8. The predicted octanol–water partition coefficient (Wildman–Crippen LogP) is 16.1. The van der Waals surface area contributed by atoms with Crippen molar-refractivity contribution in [1.29, 1.82) is 0 Å². The molecule has 4 heteroatoms. The Labute approximate surface area is 312 Å². The summed E-state index contributed by atoms with van der Waals surface area (Å²) in [5, 5.41) is 18.9. The Balaban J connectivity index is 4.29. The molecule has 0 atom stereocenters. The summed E-state index contributed by atoms with van der Waals surface area (Å²) in [5.74, 6) is -1.31. The molecule has 0 aliphatic carbocycles. The molecule has 0 spiro atoms. The topological polar surface area (TPSA) is 74.6 Å². The Kier molecular flexibility index (Phi) is 39.4. The lowest BCUT2D eigenvalue weighted by Crippen LogP contribution is -2.06. The zero-order valence-electron chi connectivity index (χ0n) is 34.0. The van der Waals surface area contributed by atoms with Gasteiger partial charge in [0.15, 0.2) is 0 Å². The molecule has 0 fully saturated rings. The van der Waals surface area contributed by atoms with Crippen molar-refractivity contribution in [2.24, 2.45) is 0 Å². The van der Waals surface area contributed by atoms with E-state index in [9.17, 15) is 14.7 Å². The van der Waals surface area contributed by atoms with E-state index in [0.29, 0.717) is 6.42 Å². The minimum Gasteiger partial charge on any atom is -0.481 e. The first-order valence-corrected chi connectivity index (χ1v) is 22.7. The summed E-state index contributed by atoms with van der Waals surface area (Å²) in [6, 6.07) is 0. The molecule has 0 radical (unpaired) electrons. The lowest BCUT2D eigenvalue weighted by molar-refractivity contribution is -0.137. The van der Waals surface area contributed by atoms with Gasteiger partial charge in [-0.1, -0.05) is 225 Å². The molecule has 0 saturated carbocycles. The third kappa shape index (κ3) is 36.5. The monoisotopic (exact) mass is 705 g/mol. The van der Waals surface area contributed by atoms with E-state index in [1.807, 2.05) is 0 Å². The quantitative estimate of drug-likeness (QED) is 0.0490. The van der Waals surface area contributed by atoms with Crippen LogP contribution in [-0.4, -0.2) is 22.2 Å². The summed E-state index contributed by atoms with van der Waals surface area (Å²) in [4.78, 5) is 23.0. The van der Waals surface area contributed by atoms with E-state index in [0.717, 1.165) is 56.9 Å². The third-order valence-corrected chi connectivity index (χ3v) is 10.9. The number of allylic oxidation sites excluding steroid dienone is 1. The van der Waals surface area contributed by atoms with Crippen LogP contribution in [0.15, 0.2) is 11.1 Å². The summed E-state index contributed by atoms with van der Waals surface area (Å²) >= 11 is 0. The average molecular weight is 705 g/mol. The van der Waals surface area contributed by atoms with Crippen molar-refractivity contribution < 1.29 is 19.8 Å². The van der Waals surface area contributed by atoms with E-state index in [1.165, 1.54) is 205 Å². The SMILES string of the molecule is CCCCCCCCCCCCC(CCCCCCCCCCCCCCCCCCC(=O)O)=C(CCCCCCCCCCCC)C(=O)O. The molecule has 50 heavy (non-hydrogen) atoms. The first kappa shape index (κ1) is 48.7. The van der Waals surface area contributed by atoms with Crippen molar-refractivity contribution in [2.45, 2.75) is 271 Å². The van der Waals surface area contributed by atoms with Crippen molar-refractivity contribution in [3.05, 3.63) is 11.1 Å². The largest absolute Gasteiger partial charge is 0.481 e. The number of carboxylic acids is 2. The van der Waals surface area contributed by atoms with Gasteiger partial charge in [-0.25, -0.2) is 4.79 Å². The van der Waals surface area contributed by atoms with Crippen molar-refractivity contribution in [3.63, 3.8) is 0 Å². The van der Waals surface area contributed by atoms with Gasteiger partial charge in [-0.15, -0.1) is 0 Å². The summed E-state index contributed by atoms with van der Waals surface area (Å²) < 4.78 is 0. The molecule has 2 N–H and O–H groups in total. The molecule has 0 bridgehead atoms. The Hall–Kier alpha value is -1.32. The Bertz CT molecular complexity index is 757. The van der Waals surface area contributed by atoms with E-state index < -0.39 is 11.9 Å². The molecule has 0 aromatic carbocycles. The van der Waals surface area contributed by atoms with Gasteiger partial charge in [0.1, 0.15) is 0 Å². The molecule has 4 nitrogen and oxygen atoms in total. The first-order valence-electron chi connectivity index (χ1n) is 22.7. The Morgan fingerprint density at radius 2 is 0.520 bits per heavy atom. The van der Waals surface area contributed by atoms with Gasteiger partial charge in [0.05, 0.1) is 0 Å². The van der Waals surface area contributed by atoms with Crippen LogP contribution in [0.4, 0.5) is 0 Å². The van der Waals surface area contributed by atoms with E-state index in [4.69, 9.17) is 5.11 Å². The van der Waals surface area contributed by atoms with E-state index >= 15 is 0 Å². The normalized spacial score (nSPS) is 12.0. The van der Waals surface area contributed by atoms with Gasteiger partial charge in [0.25, 0.3) is 0 Å². The van der Waals surface area contributed by atoms with Crippen molar-refractivity contribution in [2.75, 3.05) is 0 Å². The highest BCUT2D eigenvalue weighted by Crippen LogP contribution is 2.26. The molecule has 0 amide bonds. The third-order valence-electron chi connectivity index (χ3n) is 10.9. The maximum atomic E-state index is 12.4. The van der Waals surface area contributed by atoms with Crippen LogP contribution in [0, 0.1) is 0 Å². The zero-order valence-corrected chi connectivity index (χ0v) is 34.0. The fourth-order valence-corrected chi connectivity index (χ4v) is 7.57.